The first-order chi connectivity index (χ1) is 14.2. The van der Waals surface area contributed by atoms with Gasteiger partial charge in [-0.05, 0) is 67.0 Å². The number of halogens is 2. The van der Waals surface area contributed by atoms with Gasteiger partial charge >= 0.3 is 0 Å². The molecule has 1 saturated heterocycles. The predicted molar refractivity (Wildman–Crippen MR) is 125 cm³/mol. The number of likely N-dealkylation sites (tertiary alicyclic amines) is 1. The summed E-state index contributed by atoms with van der Waals surface area (Å²) >= 11 is 12.0. The SMILES string of the molecule is CC(C)Cc1ccc(CN2CCC[C@@H](CNS(=O)(=O)c3cc(Cl)ccc3Cl)C2)cc1. The van der Waals surface area contributed by atoms with Gasteiger partial charge in [-0.1, -0.05) is 61.3 Å². The molecule has 1 heterocycles. The molecule has 0 aromatic heterocycles. The Bertz CT molecular complexity index is 946. The van der Waals surface area contributed by atoms with Crippen LogP contribution in [0.1, 0.15) is 37.8 Å². The molecule has 0 aliphatic carbocycles. The van der Waals surface area contributed by atoms with Gasteiger partial charge in [0.1, 0.15) is 4.90 Å². The van der Waals surface area contributed by atoms with Crippen LogP contribution in [0.25, 0.3) is 0 Å². The van der Waals surface area contributed by atoms with Crippen molar-refractivity contribution in [1.29, 1.82) is 0 Å². The molecule has 4 nitrogen and oxygen atoms in total. The lowest BCUT2D eigenvalue weighted by molar-refractivity contribution is 0.169. The monoisotopic (exact) mass is 468 g/mol. The standard InChI is InChI=1S/C23H30Cl2N2O2S/c1-17(2)12-18-5-7-19(8-6-18)15-27-11-3-4-20(16-27)14-26-30(28,29)23-13-21(24)9-10-22(23)25/h5-10,13,17,20,26H,3-4,11-12,14-16H2,1-2H3/t20-/m0/s1. The van der Waals surface area contributed by atoms with Crippen molar-refractivity contribution in [2.75, 3.05) is 19.6 Å². The fourth-order valence-electron chi connectivity index (χ4n) is 3.96. The van der Waals surface area contributed by atoms with E-state index in [0.717, 1.165) is 38.9 Å². The maximum atomic E-state index is 12.7. The normalized spacial score (nSPS) is 18.1. The van der Waals surface area contributed by atoms with Gasteiger partial charge in [-0.2, -0.15) is 0 Å². The second-order valence-electron chi connectivity index (χ2n) is 8.58. The van der Waals surface area contributed by atoms with Crippen LogP contribution in [-0.2, 0) is 23.0 Å². The van der Waals surface area contributed by atoms with Crippen molar-refractivity contribution >= 4 is 33.2 Å². The van der Waals surface area contributed by atoms with Gasteiger partial charge in [0.05, 0.1) is 5.02 Å². The van der Waals surface area contributed by atoms with E-state index in [4.69, 9.17) is 23.2 Å². The Balaban J connectivity index is 1.55. The summed E-state index contributed by atoms with van der Waals surface area (Å²) < 4.78 is 28.0. The highest BCUT2D eigenvalue weighted by molar-refractivity contribution is 7.89. The van der Waals surface area contributed by atoms with E-state index < -0.39 is 10.0 Å². The van der Waals surface area contributed by atoms with E-state index >= 15 is 0 Å². The van der Waals surface area contributed by atoms with Crippen LogP contribution in [0.15, 0.2) is 47.4 Å². The van der Waals surface area contributed by atoms with Gasteiger partial charge in [-0.25, -0.2) is 13.1 Å². The lowest BCUT2D eigenvalue weighted by atomic mass is 9.97. The van der Waals surface area contributed by atoms with Crippen molar-refractivity contribution in [1.82, 2.24) is 9.62 Å². The number of nitrogens with one attached hydrogen (secondary N) is 1. The third kappa shape index (κ3) is 6.69. The number of sulfonamides is 1. The van der Waals surface area contributed by atoms with Crippen LogP contribution in [0, 0.1) is 11.8 Å². The Kier molecular flexibility index (Phi) is 8.22. The summed E-state index contributed by atoms with van der Waals surface area (Å²) in [6.45, 7) is 7.67. The predicted octanol–water partition coefficient (Wildman–Crippen LogP) is 5.38. The lowest BCUT2D eigenvalue weighted by Crippen LogP contribution is -2.40. The highest BCUT2D eigenvalue weighted by Crippen LogP contribution is 2.25. The summed E-state index contributed by atoms with van der Waals surface area (Å²) in [4.78, 5) is 2.44. The molecule has 0 bridgehead atoms. The molecule has 1 aliphatic rings. The summed E-state index contributed by atoms with van der Waals surface area (Å²) in [5.74, 6) is 0.927. The highest BCUT2D eigenvalue weighted by atomic mass is 35.5. The van der Waals surface area contributed by atoms with Crippen molar-refractivity contribution in [2.24, 2.45) is 11.8 Å². The molecule has 1 fully saturated rings. The Morgan fingerprint density at radius 3 is 2.50 bits per heavy atom. The van der Waals surface area contributed by atoms with E-state index in [1.807, 2.05) is 0 Å². The molecule has 3 rings (SSSR count). The molecule has 0 spiro atoms. The molecule has 2 aromatic rings. The molecule has 1 aliphatic heterocycles. The molecular formula is C23H30Cl2N2O2S. The van der Waals surface area contributed by atoms with E-state index in [-0.39, 0.29) is 15.8 Å². The van der Waals surface area contributed by atoms with Gasteiger partial charge in [0.25, 0.3) is 0 Å². The van der Waals surface area contributed by atoms with Crippen molar-refractivity contribution in [3.63, 3.8) is 0 Å². The quantitative estimate of drug-likeness (QED) is 0.565. The van der Waals surface area contributed by atoms with Crippen LogP contribution in [-0.4, -0.2) is 33.0 Å². The molecule has 7 heteroatoms. The third-order valence-electron chi connectivity index (χ3n) is 5.42. The topological polar surface area (TPSA) is 49.4 Å². The van der Waals surface area contributed by atoms with Crippen LogP contribution in [0.4, 0.5) is 0 Å². The van der Waals surface area contributed by atoms with Gasteiger partial charge in [-0.15, -0.1) is 0 Å². The van der Waals surface area contributed by atoms with Crippen LogP contribution >= 0.6 is 23.2 Å². The van der Waals surface area contributed by atoms with E-state index in [1.54, 1.807) is 6.07 Å². The van der Waals surface area contributed by atoms with E-state index in [2.05, 4.69) is 47.7 Å². The Morgan fingerprint density at radius 2 is 1.80 bits per heavy atom. The number of rotatable bonds is 8. The first kappa shape index (κ1) is 23.6. The van der Waals surface area contributed by atoms with Crippen LogP contribution in [0.3, 0.4) is 0 Å². The fourth-order valence-corrected chi connectivity index (χ4v) is 5.84. The second kappa shape index (κ2) is 10.5. The summed E-state index contributed by atoms with van der Waals surface area (Å²) in [6.07, 6.45) is 3.17. The van der Waals surface area contributed by atoms with Gasteiger partial charge in [0.15, 0.2) is 0 Å². The molecule has 0 amide bonds. The van der Waals surface area contributed by atoms with E-state index in [9.17, 15) is 8.42 Å². The number of nitrogens with zero attached hydrogens (tertiary/aromatic N) is 1. The Morgan fingerprint density at radius 1 is 1.10 bits per heavy atom. The zero-order valence-corrected chi connectivity index (χ0v) is 19.9. The average molecular weight is 469 g/mol. The van der Waals surface area contributed by atoms with Crippen molar-refractivity contribution in [3.05, 3.63) is 63.6 Å². The Hall–Kier alpha value is -1.11. The van der Waals surface area contributed by atoms with Gasteiger partial charge in [0.2, 0.25) is 10.0 Å². The van der Waals surface area contributed by atoms with Crippen molar-refractivity contribution in [2.45, 2.75) is 44.6 Å². The largest absolute Gasteiger partial charge is 0.299 e. The number of hydrogen-bond donors (Lipinski definition) is 1. The fraction of sp³-hybridized carbons (Fsp3) is 0.478. The van der Waals surface area contributed by atoms with Gasteiger partial charge in [-0.3, -0.25) is 4.90 Å². The first-order valence-electron chi connectivity index (χ1n) is 10.5. The second-order valence-corrected chi connectivity index (χ2v) is 11.2. The molecular weight excluding hydrogens is 439 g/mol. The molecule has 0 unspecified atom stereocenters. The van der Waals surface area contributed by atoms with Crippen molar-refractivity contribution in [3.8, 4) is 0 Å². The third-order valence-corrected chi connectivity index (χ3v) is 7.56. The van der Waals surface area contributed by atoms with E-state index in [0.29, 0.717) is 17.5 Å². The zero-order valence-electron chi connectivity index (χ0n) is 17.6. The minimum absolute atomic E-state index is 0.0332. The summed E-state index contributed by atoms with van der Waals surface area (Å²) in [7, 11) is -3.69. The Labute approximate surface area is 190 Å². The molecule has 164 valence electrons. The van der Waals surface area contributed by atoms with Gasteiger partial charge < -0.3 is 0 Å². The minimum Gasteiger partial charge on any atom is -0.299 e. The van der Waals surface area contributed by atoms with Crippen LogP contribution in [0.2, 0.25) is 10.0 Å². The maximum absolute atomic E-state index is 12.7. The maximum Gasteiger partial charge on any atom is 0.242 e. The number of hydrogen-bond acceptors (Lipinski definition) is 3. The molecule has 30 heavy (non-hydrogen) atoms. The van der Waals surface area contributed by atoms with E-state index in [1.165, 1.54) is 23.3 Å². The van der Waals surface area contributed by atoms with Crippen molar-refractivity contribution < 1.29 is 8.42 Å². The lowest BCUT2D eigenvalue weighted by Gasteiger charge is -2.33. The number of piperidine rings is 1. The first-order valence-corrected chi connectivity index (χ1v) is 12.7. The molecule has 1 N–H and O–H groups in total. The molecule has 0 radical (unpaired) electrons. The zero-order chi connectivity index (χ0) is 21.7. The molecule has 2 aromatic carbocycles. The number of benzene rings is 2. The smallest absolute Gasteiger partial charge is 0.242 e. The average Bonchev–Trinajstić information content (AvgIpc) is 2.70. The van der Waals surface area contributed by atoms with Crippen LogP contribution < -0.4 is 4.72 Å². The van der Waals surface area contributed by atoms with Gasteiger partial charge in [0, 0.05) is 24.7 Å². The highest BCUT2D eigenvalue weighted by Gasteiger charge is 2.24. The summed E-state index contributed by atoms with van der Waals surface area (Å²) in [6, 6.07) is 13.3. The summed E-state index contributed by atoms with van der Waals surface area (Å²) in [5, 5.41) is 0.529. The summed E-state index contributed by atoms with van der Waals surface area (Å²) in [5.41, 5.74) is 2.67. The van der Waals surface area contributed by atoms with Crippen LogP contribution in [0.5, 0.6) is 0 Å². The minimum atomic E-state index is -3.69. The molecule has 1 atom stereocenters. The molecule has 0 saturated carbocycles.